The lowest BCUT2D eigenvalue weighted by Crippen LogP contribution is -2.36. The zero-order valence-corrected chi connectivity index (χ0v) is 12.7. The zero-order chi connectivity index (χ0) is 13.6. The molecule has 0 radical (unpaired) electrons. The molecular weight excluding hydrogens is 299 g/mol. The highest BCUT2D eigenvalue weighted by molar-refractivity contribution is 9.10. The first kappa shape index (κ1) is 13.8. The molecule has 0 spiro atoms. The highest BCUT2D eigenvalue weighted by atomic mass is 79.9. The fraction of sp³-hybridized carbons (Fsp3) is 0.571. The molecule has 1 aliphatic heterocycles. The summed E-state index contributed by atoms with van der Waals surface area (Å²) in [5, 5.41) is 0. The van der Waals surface area contributed by atoms with Crippen molar-refractivity contribution in [2.75, 3.05) is 0 Å². The Morgan fingerprint density at radius 3 is 2.44 bits per heavy atom. The molecule has 1 fully saturated rings. The van der Waals surface area contributed by atoms with Crippen LogP contribution in [0.25, 0.3) is 0 Å². The molecule has 0 saturated carbocycles. The predicted molar refractivity (Wildman–Crippen MR) is 72.4 cm³/mol. The highest BCUT2D eigenvalue weighted by Crippen LogP contribution is 2.39. The second kappa shape index (κ2) is 4.49. The minimum Gasteiger partial charge on any atom is -0.487 e. The lowest BCUT2D eigenvalue weighted by molar-refractivity contribution is -0.0846. The first-order chi connectivity index (χ1) is 8.18. The Hall–Kier alpha value is -0.610. The summed E-state index contributed by atoms with van der Waals surface area (Å²) in [6.07, 6.45) is 0.704. The number of halogens is 2. The van der Waals surface area contributed by atoms with Crippen LogP contribution in [0.3, 0.4) is 0 Å². The van der Waals surface area contributed by atoms with Gasteiger partial charge in [0, 0.05) is 17.0 Å². The molecule has 1 atom stereocenters. The molecule has 0 aromatic heterocycles. The molecule has 2 rings (SSSR count). The summed E-state index contributed by atoms with van der Waals surface area (Å²) in [6.45, 7) is 8.08. The third-order valence-corrected chi connectivity index (χ3v) is 3.56. The van der Waals surface area contributed by atoms with E-state index in [-0.39, 0.29) is 23.1 Å². The fourth-order valence-electron chi connectivity index (χ4n) is 2.46. The Labute approximate surface area is 116 Å². The molecule has 0 N–H and O–H groups in total. The Bertz CT molecular complexity index is 437. The van der Waals surface area contributed by atoms with Gasteiger partial charge in [-0.3, -0.25) is 0 Å². The van der Waals surface area contributed by atoms with E-state index in [1.54, 1.807) is 6.07 Å². The fourth-order valence-corrected chi connectivity index (χ4v) is 2.90. The summed E-state index contributed by atoms with van der Waals surface area (Å²) >= 11 is 3.26. The number of rotatable bonds is 2. The molecule has 1 saturated heterocycles. The molecule has 1 heterocycles. The monoisotopic (exact) mass is 316 g/mol. The van der Waals surface area contributed by atoms with E-state index in [1.165, 1.54) is 12.1 Å². The van der Waals surface area contributed by atoms with Crippen molar-refractivity contribution >= 4 is 15.9 Å². The molecule has 1 aromatic carbocycles. The van der Waals surface area contributed by atoms with Crippen LogP contribution in [0.4, 0.5) is 4.39 Å². The first-order valence-corrected chi connectivity index (χ1v) is 6.80. The maximum atomic E-state index is 13.3. The predicted octanol–water partition coefficient (Wildman–Crippen LogP) is 4.31. The lowest BCUT2D eigenvalue weighted by Gasteiger charge is -2.27. The molecule has 4 heteroatoms. The van der Waals surface area contributed by atoms with Crippen LogP contribution in [0.5, 0.6) is 5.75 Å². The van der Waals surface area contributed by atoms with Crippen molar-refractivity contribution in [1.29, 1.82) is 0 Å². The Kier molecular flexibility index (Phi) is 3.45. The number of benzene rings is 1. The van der Waals surface area contributed by atoms with Gasteiger partial charge in [0.05, 0.1) is 5.60 Å². The molecule has 0 aliphatic carbocycles. The second-order valence-electron chi connectivity index (χ2n) is 5.88. The van der Waals surface area contributed by atoms with E-state index in [2.05, 4.69) is 15.9 Å². The van der Waals surface area contributed by atoms with E-state index < -0.39 is 0 Å². The molecule has 100 valence electrons. The van der Waals surface area contributed by atoms with E-state index in [1.807, 2.05) is 27.7 Å². The molecular formula is C14H18BrFO2. The molecule has 18 heavy (non-hydrogen) atoms. The topological polar surface area (TPSA) is 18.5 Å². The SMILES string of the molecule is CC1(C)CC(Oc2cc(F)cc(Br)c2)C(C)(C)O1. The van der Waals surface area contributed by atoms with Crippen LogP contribution >= 0.6 is 15.9 Å². The van der Waals surface area contributed by atoms with E-state index in [0.29, 0.717) is 10.2 Å². The van der Waals surface area contributed by atoms with Crippen LogP contribution in [0.1, 0.15) is 34.1 Å². The Morgan fingerprint density at radius 2 is 1.94 bits per heavy atom. The third kappa shape index (κ3) is 3.04. The van der Waals surface area contributed by atoms with Crippen LogP contribution in [-0.2, 0) is 4.74 Å². The average Bonchev–Trinajstić information content (AvgIpc) is 2.31. The Morgan fingerprint density at radius 1 is 1.28 bits per heavy atom. The van der Waals surface area contributed by atoms with Crippen LogP contribution in [-0.4, -0.2) is 17.3 Å². The van der Waals surface area contributed by atoms with Crippen LogP contribution < -0.4 is 4.74 Å². The summed E-state index contributed by atoms with van der Waals surface area (Å²) in [4.78, 5) is 0. The Balaban J connectivity index is 2.19. The summed E-state index contributed by atoms with van der Waals surface area (Å²) in [5.74, 6) is 0.219. The normalized spacial score (nSPS) is 25.1. The summed E-state index contributed by atoms with van der Waals surface area (Å²) in [7, 11) is 0. The maximum absolute atomic E-state index is 13.3. The van der Waals surface area contributed by atoms with Crippen molar-refractivity contribution in [1.82, 2.24) is 0 Å². The largest absolute Gasteiger partial charge is 0.487 e. The highest BCUT2D eigenvalue weighted by Gasteiger charge is 2.47. The summed E-state index contributed by atoms with van der Waals surface area (Å²) < 4.78 is 25.8. The number of hydrogen-bond acceptors (Lipinski definition) is 2. The van der Waals surface area contributed by atoms with Crippen molar-refractivity contribution in [3.63, 3.8) is 0 Å². The second-order valence-corrected chi connectivity index (χ2v) is 6.80. The quantitative estimate of drug-likeness (QED) is 0.809. The summed E-state index contributed by atoms with van der Waals surface area (Å²) in [6, 6.07) is 4.57. The zero-order valence-electron chi connectivity index (χ0n) is 11.1. The van der Waals surface area contributed by atoms with Gasteiger partial charge in [-0.2, -0.15) is 0 Å². The molecule has 1 aliphatic rings. The van der Waals surface area contributed by atoms with E-state index in [0.717, 1.165) is 6.42 Å². The third-order valence-electron chi connectivity index (χ3n) is 3.11. The standard InChI is InChI=1S/C14H18BrFO2/c1-13(2)8-12(14(3,4)18-13)17-11-6-9(15)5-10(16)7-11/h5-7,12H,8H2,1-4H3. The van der Waals surface area contributed by atoms with Crippen molar-refractivity contribution in [2.45, 2.75) is 51.4 Å². The summed E-state index contributed by atoms with van der Waals surface area (Å²) in [5.41, 5.74) is -0.582. The van der Waals surface area contributed by atoms with Gasteiger partial charge in [-0.05, 0) is 39.8 Å². The van der Waals surface area contributed by atoms with Crippen molar-refractivity contribution < 1.29 is 13.9 Å². The van der Waals surface area contributed by atoms with Gasteiger partial charge in [0.25, 0.3) is 0 Å². The van der Waals surface area contributed by atoms with Crippen LogP contribution in [0.15, 0.2) is 22.7 Å². The van der Waals surface area contributed by atoms with Crippen molar-refractivity contribution in [2.24, 2.45) is 0 Å². The number of ether oxygens (including phenoxy) is 2. The van der Waals surface area contributed by atoms with Gasteiger partial charge in [-0.25, -0.2) is 4.39 Å². The maximum Gasteiger partial charge on any atom is 0.130 e. The van der Waals surface area contributed by atoms with Gasteiger partial charge in [0.2, 0.25) is 0 Å². The van der Waals surface area contributed by atoms with Crippen LogP contribution in [0, 0.1) is 5.82 Å². The van der Waals surface area contributed by atoms with Gasteiger partial charge >= 0.3 is 0 Å². The molecule has 2 nitrogen and oxygen atoms in total. The number of hydrogen-bond donors (Lipinski definition) is 0. The van der Waals surface area contributed by atoms with Gasteiger partial charge in [0.15, 0.2) is 0 Å². The molecule has 0 amide bonds. The van der Waals surface area contributed by atoms with E-state index in [4.69, 9.17) is 9.47 Å². The molecule has 1 unspecified atom stereocenters. The van der Waals surface area contributed by atoms with Gasteiger partial charge in [0.1, 0.15) is 23.3 Å². The van der Waals surface area contributed by atoms with Gasteiger partial charge < -0.3 is 9.47 Å². The van der Waals surface area contributed by atoms with E-state index >= 15 is 0 Å². The first-order valence-electron chi connectivity index (χ1n) is 6.01. The molecule has 0 bridgehead atoms. The van der Waals surface area contributed by atoms with E-state index in [9.17, 15) is 4.39 Å². The minimum atomic E-state index is -0.373. The molecule has 1 aromatic rings. The van der Waals surface area contributed by atoms with Crippen LogP contribution in [0.2, 0.25) is 0 Å². The minimum absolute atomic E-state index is 0.0822. The van der Waals surface area contributed by atoms with Crippen molar-refractivity contribution in [3.8, 4) is 5.75 Å². The average molecular weight is 317 g/mol. The van der Waals surface area contributed by atoms with Gasteiger partial charge in [-0.15, -0.1) is 0 Å². The lowest BCUT2D eigenvalue weighted by atomic mass is 9.97. The smallest absolute Gasteiger partial charge is 0.130 e. The van der Waals surface area contributed by atoms with Gasteiger partial charge in [-0.1, -0.05) is 15.9 Å². The van der Waals surface area contributed by atoms with Crippen molar-refractivity contribution in [3.05, 3.63) is 28.5 Å².